The highest BCUT2D eigenvalue weighted by Gasteiger charge is 2.09. The van der Waals surface area contributed by atoms with Gasteiger partial charge in [-0.1, -0.05) is 6.07 Å². The highest BCUT2D eigenvalue weighted by molar-refractivity contribution is 6.18. The molecule has 13 heavy (non-hydrogen) atoms. The number of aliphatic hydroxyl groups is 1. The van der Waals surface area contributed by atoms with Gasteiger partial charge in [-0.05, 0) is 6.07 Å². The molecule has 1 aromatic rings. The number of hydrogen-bond acceptors (Lipinski definition) is 3. The molecule has 0 aliphatic carbocycles. The lowest BCUT2D eigenvalue weighted by atomic mass is 10.1. The van der Waals surface area contributed by atoms with Crippen molar-refractivity contribution in [1.82, 2.24) is 0 Å². The van der Waals surface area contributed by atoms with Crippen molar-refractivity contribution < 1.29 is 9.84 Å². The van der Waals surface area contributed by atoms with Crippen molar-refractivity contribution in [2.75, 3.05) is 18.7 Å². The fraction of sp³-hybridized carbons (Fsp3) is 0.333. The Kier molecular flexibility index (Phi) is 3.39. The molecule has 0 saturated carbocycles. The number of nitrogen functional groups attached to an aromatic ring is 1. The van der Waals surface area contributed by atoms with Crippen molar-refractivity contribution in [2.24, 2.45) is 0 Å². The fourth-order valence-electron chi connectivity index (χ4n) is 1.07. The summed E-state index contributed by atoms with van der Waals surface area (Å²) in [5.74, 6) is 0.805. The van der Waals surface area contributed by atoms with Gasteiger partial charge in [0, 0.05) is 17.3 Å². The molecule has 1 aromatic carbocycles. The van der Waals surface area contributed by atoms with E-state index in [1.807, 2.05) is 0 Å². The molecule has 0 aliphatic heterocycles. The van der Waals surface area contributed by atoms with E-state index in [-0.39, 0.29) is 5.88 Å². The molecule has 0 spiro atoms. The van der Waals surface area contributed by atoms with Gasteiger partial charge in [-0.3, -0.25) is 0 Å². The SMILES string of the molecule is COc1ccc(C(O)CCl)c(N)c1. The number of benzene rings is 1. The van der Waals surface area contributed by atoms with Crippen LogP contribution in [0.5, 0.6) is 5.75 Å². The monoisotopic (exact) mass is 201 g/mol. The number of halogens is 1. The average Bonchev–Trinajstić information content (AvgIpc) is 2.16. The zero-order chi connectivity index (χ0) is 9.84. The number of aliphatic hydroxyl groups excluding tert-OH is 1. The normalized spacial score (nSPS) is 12.5. The van der Waals surface area contributed by atoms with E-state index in [4.69, 9.17) is 22.1 Å². The van der Waals surface area contributed by atoms with E-state index in [2.05, 4.69) is 0 Å². The number of alkyl halides is 1. The predicted molar refractivity (Wildman–Crippen MR) is 53.1 cm³/mol. The van der Waals surface area contributed by atoms with Gasteiger partial charge in [0.05, 0.1) is 19.1 Å². The van der Waals surface area contributed by atoms with Gasteiger partial charge < -0.3 is 15.6 Å². The molecule has 0 radical (unpaired) electrons. The zero-order valence-corrected chi connectivity index (χ0v) is 8.08. The average molecular weight is 202 g/mol. The fourth-order valence-corrected chi connectivity index (χ4v) is 1.23. The number of hydrogen-bond donors (Lipinski definition) is 2. The van der Waals surface area contributed by atoms with Gasteiger partial charge in [-0.2, -0.15) is 0 Å². The van der Waals surface area contributed by atoms with Crippen LogP contribution in [0.4, 0.5) is 5.69 Å². The maximum absolute atomic E-state index is 9.42. The molecule has 0 bridgehead atoms. The summed E-state index contributed by atoms with van der Waals surface area (Å²) in [5, 5.41) is 9.42. The summed E-state index contributed by atoms with van der Waals surface area (Å²) >= 11 is 5.50. The van der Waals surface area contributed by atoms with E-state index in [0.29, 0.717) is 17.0 Å². The van der Waals surface area contributed by atoms with E-state index in [1.54, 1.807) is 25.3 Å². The van der Waals surface area contributed by atoms with Crippen LogP contribution in [0.1, 0.15) is 11.7 Å². The van der Waals surface area contributed by atoms with E-state index >= 15 is 0 Å². The summed E-state index contributed by atoms with van der Waals surface area (Å²) in [4.78, 5) is 0. The van der Waals surface area contributed by atoms with Crippen molar-refractivity contribution in [3.05, 3.63) is 23.8 Å². The van der Waals surface area contributed by atoms with Crippen molar-refractivity contribution >= 4 is 17.3 Å². The lowest BCUT2D eigenvalue weighted by Crippen LogP contribution is -2.03. The minimum Gasteiger partial charge on any atom is -0.497 e. The van der Waals surface area contributed by atoms with E-state index < -0.39 is 6.10 Å². The molecule has 4 heteroatoms. The Morgan fingerprint density at radius 3 is 2.77 bits per heavy atom. The summed E-state index contributed by atoms with van der Waals surface area (Å²) < 4.78 is 4.97. The Labute approximate surface area is 82.1 Å². The molecule has 0 aliphatic rings. The Morgan fingerprint density at radius 2 is 2.31 bits per heavy atom. The minimum atomic E-state index is -0.715. The zero-order valence-electron chi connectivity index (χ0n) is 7.33. The van der Waals surface area contributed by atoms with Crippen LogP contribution >= 0.6 is 11.6 Å². The van der Waals surface area contributed by atoms with Crippen LogP contribution in [-0.2, 0) is 0 Å². The second kappa shape index (κ2) is 4.35. The first-order valence-corrected chi connectivity index (χ1v) is 4.40. The third-order valence-electron chi connectivity index (χ3n) is 1.80. The molecule has 3 nitrogen and oxygen atoms in total. The molecule has 1 rings (SSSR count). The molecule has 3 N–H and O–H groups in total. The smallest absolute Gasteiger partial charge is 0.120 e. The van der Waals surface area contributed by atoms with Crippen LogP contribution in [-0.4, -0.2) is 18.1 Å². The predicted octanol–water partition coefficient (Wildman–Crippen LogP) is 1.55. The summed E-state index contributed by atoms with van der Waals surface area (Å²) in [6.45, 7) is 0. The van der Waals surface area contributed by atoms with Gasteiger partial charge >= 0.3 is 0 Å². The largest absolute Gasteiger partial charge is 0.497 e. The first-order chi connectivity index (χ1) is 6.19. The van der Waals surface area contributed by atoms with Crippen molar-refractivity contribution in [3.8, 4) is 5.75 Å². The summed E-state index contributed by atoms with van der Waals surface area (Å²) in [6, 6.07) is 5.10. The number of rotatable bonds is 3. The van der Waals surface area contributed by atoms with Gasteiger partial charge in [0.2, 0.25) is 0 Å². The Hall–Kier alpha value is -0.930. The minimum absolute atomic E-state index is 0.135. The van der Waals surface area contributed by atoms with E-state index in [1.165, 1.54) is 0 Å². The van der Waals surface area contributed by atoms with Crippen LogP contribution in [0, 0.1) is 0 Å². The topological polar surface area (TPSA) is 55.5 Å². The van der Waals surface area contributed by atoms with Crippen LogP contribution in [0.15, 0.2) is 18.2 Å². The van der Waals surface area contributed by atoms with Gasteiger partial charge in [0.15, 0.2) is 0 Å². The third kappa shape index (κ3) is 2.26. The highest BCUT2D eigenvalue weighted by Crippen LogP contribution is 2.25. The first-order valence-electron chi connectivity index (χ1n) is 3.86. The molecule has 0 aromatic heterocycles. The van der Waals surface area contributed by atoms with E-state index in [0.717, 1.165) is 0 Å². The van der Waals surface area contributed by atoms with Crippen LogP contribution in [0.3, 0.4) is 0 Å². The summed E-state index contributed by atoms with van der Waals surface area (Å²) in [5.41, 5.74) is 6.80. The molecule has 1 atom stereocenters. The second-order valence-corrected chi connectivity index (χ2v) is 2.97. The maximum atomic E-state index is 9.42. The Balaban J connectivity index is 2.98. The molecule has 0 saturated heterocycles. The highest BCUT2D eigenvalue weighted by atomic mass is 35.5. The second-order valence-electron chi connectivity index (χ2n) is 2.66. The first kappa shape index (κ1) is 10.2. The Morgan fingerprint density at radius 1 is 1.62 bits per heavy atom. The van der Waals surface area contributed by atoms with E-state index in [9.17, 15) is 5.11 Å². The number of methoxy groups -OCH3 is 1. The van der Waals surface area contributed by atoms with Crippen molar-refractivity contribution in [1.29, 1.82) is 0 Å². The lowest BCUT2D eigenvalue weighted by Gasteiger charge is -2.11. The third-order valence-corrected chi connectivity index (χ3v) is 2.09. The number of ether oxygens (including phenoxy) is 1. The number of anilines is 1. The van der Waals surface area contributed by atoms with Crippen molar-refractivity contribution in [3.63, 3.8) is 0 Å². The maximum Gasteiger partial charge on any atom is 0.120 e. The molecular weight excluding hydrogens is 190 g/mol. The Bertz CT molecular complexity index is 291. The molecule has 1 unspecified atom stereocenters. The summed E-state index contributed by atoms with van der Waals surface area (Å²) in [7, 11) is 1.56. The van der Waals surface area contributed by atoms with Crippen LogP contribution < -0.4 is 10.5 Å². The standard InChI is InChI=1S/C9H12ClNO2/c1-13-6-2-3-7(8(11)4-6)9(12)5-10/h2-4,9,12H,5,11H2,1H3. The number of nitrogens with two attached hydrogens (primary N) is 1. The lowest BCUT2D eigenvalue weighted by molar-refractivity contribution is 0.203. The molecular formula is C9H12ClNO2. The quantitative estimate of drug-likeness (QED) is 0.576. The molecule has 0 fully saturated rings. The van der Waals surface area contributed by atoms with Crippen LogP contribution in [0.2, 0.25) is 0 Å². The van der Waals surface area contributed by atoms with Gasteiger partial charge in [-0.25, -0.2) is 0 Å². The molecule has 0 heterocycles. The molecule has 72 valence electrons. The van der Waals surface area contributed by atoms with Crippen molar-refractivity contribution in [2.45, 2.75) is 6.10 Å². The van der Waals surface area contributed by atoms with Gasteiger partial charge in [0.1, 0.15) is 5.75 Å². The van der Waals surface area contributed by atoms with Crippen LogP contribution in [0.25, 0.3) is 0 Å². The van der Waals surface area contributed by atoms with Gasteiger partial charge in [-0.15, -0.1) is 11.6 Å². The summed E-state index contributed by atoms with van der Waals surface area (Å²) in [6.07, 6.45) is -0.715. The molecule has 0 amide bonds. The van der Waals surface area contributed by atoms with Gasteiger partial charge in [0.25, 0.3) is 0 Å².